The van der Waals surface area contributed by atoms with Crippen LogP contribution in [-0.2, 0) is 4.79 Å². The number of halogens is 1. The minimum absolute atomic E-state index is 0.143. The van der Waals surface area contributed by atoms with Crippen molar-refractivity contribution in [2.45, 2.75) is 51.6 Å². The first-order chi connectivity index (χ1) is 16.4. The molecule has 3 rings (SSSR count). The summed E-state index contributed by atoms with van der Waals surface area (Å²) in [7, 11) is 0. The lowest BCUT2D eigenvalue weighted by Crippen LogP contribution is -2.29. The summed E-state index contributed by atoms with van der Waals surface area (Å²) in [5.41, 5.74) is 3.52. The maximum absolute atomic E-state index is 13.3. The van der Waals surface area contributed by atoms with Gasteiger partial charge < -0.3 is 5.32 Å². The van der Waals surface area contributed by atoms with E-state index >= 15 is 0 Å². The Morgan fingerprint density at radius 2 is 1.91 bits per heavy atom. The van der Waals surface area contributed by atoms with Crippen molar-refractivity contribution in [3.05, 3.63) is 84.1 Å². The van der Waals surface area contributed by atoms with E-state index in [2.05, 4.69) is 35.8 Å². The minimum Gasteiger partial charge on any atom is -0.345 e. The van der Waals surface area contributed by atoms with Crippen molar-refractivity contribution in [2.24, 2.45) is 0 Å². The van der Waals surface area contributed by atoms with Crippen molar-refractivity contribution >= 4 is 29.3 Å². The van der Waals surface area contributed by atoms with E-state index in [4.69, 9.17) is 0 Å². The van der Waals surface area contributed by atoms with Crippen LogP contribution in [-0.4, -0.2) is 26.9 Å². The summed E-state index contributed by atoms with van der Waals surface area (Å²) in [6.45, 7) is 12.0. The maximum atomic E-state index is 13.3. The number of amides is 1. The average Bonchev–Trinajstić information content (AvgIpc) is 3.27. The summed E-state index contributed by atoms with van der Waals surface area (Å²) >= 11 is 1.56. The van der Waals surface area contributed by atoms with E-state index in [0.29, 0.717) is 22.5 Å². The Bertz CT molecular complexity index is 1120. The smallest absolute Gasteiger partial charge is 0.252 e. The van der Waals surface area contributed by atoms with Gasteiger partial charge in [-0.2, -0.15) is 5.10 Å². The third-order valence-electron chi connectivity index (χ3n) is 4.98. The van der Waals surface area contributed by atoms with Gasteiger partial charge in [-0.3, -0.25) is 4.79 Å². The number of aromatic nitrogens is 3. The van der Waals surface area contributed by atoms with Crippen molar-refractivity contribution < 1.29 is 9.18 Å². The number of nitrogens with zero attached hydrogens (tertiary/aromatic N) is 3. The van der Waals surface area contributed by atoms with Crippen LogP contribution >= 0.6 is 11.8 Å². The maximum Gasteiger partial charge on any atom is 0.252 e. The highest BCUT2D eigenvalue weighted by Gasteiger charge is 2.21. The second kappa shape index (κ2) is 13.5. The molecule has 0 fully saturated rings. The quantitative estimate of drug-likeness (QED) is 0.283. The van der Waals surface area contributed by atoms with Gasteiger partial charge in [0.05, 0.1) is 28.6 Å². The van der Waals surface area contributed by atoms with Crippen LogP contribution in [0.15, 0.2) is 66.5 Å². The second-order valence-electron chi connectivity index (χ2n) is 7.51. The Balaban J connectivity index is 0.00000129. The molecule has 7 heteroatoms. The lowest BCUT2D eigenvalue weighted by Gasteiger charge is -2.19. The Morgan fingerprint density at radius 3 is 2.47 bits per heavy atom. The number of carbonyl (C=O) groups excluding carboxylic acids is 1. The first kappa shape index (κ1) is 27.1. The Hall–Kier alpha value is -3.19. The van der Waals surface area contributed by atoms with Crippen molar-refractivity contribution in [3.63, 3.8) is 0 Å². The van der Waals surface area contributed by atoms with Gasteiger partial charge in [-0.25, -0.2) is 14.1 Å². The first-order valence-corrected chi connectivity index (χ1v) is 12.6. The predicted molar refractivity (Wildman–Crippen MR) is 140 cm³/mol. The highest BCUT2D eigenvalue weighted by molar-refractivity contribution is 7.98. The minimum atomic E-state index is -0.323. The molecule has 0 aliphatic carbocycles. The normalized spacial score (nSPS) is 11.9. The van der Waals surface area contributed by atoms with Gasteiger partial charge in [0, 0.05) is 17.3 Å². The fraction of sp³-hybridized carbons (Fsp3) is 0.296. The number of thioether (sulfide) groups is 1. The largest absolute Gasteiger partial charge is 0.345 e. The number of carbonyl (C=O) groups is 1. The highest BCUT2D eigenvalue weighted by atomic mass is 32.2. The zero-order chi connectivity index (χ0) is 25.1. The number of pyridine rings is 1. The van der Waals surface area contributed by atoms with E-state index in [1.165, 1.54) is 18.6 Å². The van der Waals surface area contributed by atoms with Crippen molar-refractivity contribution in [1.29, 1.82) is 0 Å². The molecule has 0 spiro atoms. The molecular formula is C27H33FN4OS. The lowest BCUT2D eigenvalue weighted by atomic mass is 10.0. The third-order valence-corrected chi connectivity index (χ3v) is 5.62. The molecular weight excluding hydrogens is 447 g/mol. The molecule has 0 aliphatic heterocycles. The van der Waals surface area contributed by atoms with Crippen LogP contribution in [0.1, 0.15) is 63.4 Å². The number of hydrogen-bond donors (Lipinski definition) is 1. The summed E-state index contributed by atoms with van der Waals surface area (Å²) in [4.78, 5) is 17.5. The molecule has 34 heavy (non-hydrogen) atoms. The fourth-order valence-corrected chi connectivity index (χ4v) is 3.79. The molecule has 5 nitrogen and oxygen atoms in total. The summed E-state index contributed by atoms with van der Waals surface area (Å²) < 4.78 is 14.9. The molecule has 0 saturated heterocycles. The van der Waals surface area contributed by atoms with Crippen molar-refractivity contribution in [2.75, 3.05) is 6.26 Å². The van der Waals surface area contributed by atoms with Gasteiger partial charge in [0.1, 0.15) is 5.82 Å². The molecule has 0 aliphatic rings. The monoisotopic (exact) mass is 480 g/mol. The van der Waals surface area contributed by atoms with Gasteiger partial charge in [-0.1, -0.05) is 39.8 Å². The van der Waals surface area contributed by atoms with Crippen molar-refractivity contribution in [1.82, 2.24) is 20.1 Å². The molecule has 2 heterocycles. The molecule has 2 aromatic heterocycles. The molecule has 1 atom stereocenters. The van der Waals surface area contributed by atoms with E-state index < -0.39 is 0 Å². The Morgan fingerprint density at radius 1 is 1.24 bits per heavy atom. The zero-order valence-corrected chi connectivity index (χ0v) is 21.3. The number of hydrogen-bond acceptors (Lipinski definition) is 4. The van der Waals surface area contributed by atoms with Crippen LogP contribution in [0.4, 0.5) is 4.39 Å². The highest BCUT2D eigenvalue weighted by Crippen LogP contribution is 2.26. The summed E-state index contributed by atoms with van der Waals surface area (Å²) in [6, 6.07) is 9.78. The molecule has 0 bridgehead atoms. The van der Waals surface area contributed by atoms with Crippen LogP contribution in [0.5, 0.6) is 0 Å². The molecule has 3 aromatic rings. The average molecular weight is 481 g/mol. The standard InChI is InChI=1S/C24H25FN4OS.C3H8/c1-5-19(24(30)28-21(6-2)16-12-13-26-23(14-16)31-4)20-15-27-29(22(20)7-3)18-10-8-17(25)9-11-18;1-3-2/h5,7-15,21H,3,6H2,1-2,4H3,(H,28,30);3H2,1-2H3/b19-5+;. The van der Waals surface area contributed by atoms with E-state index in [9.17, 15) is 9.18 Å². The van der Waals surface area contributed by atoms with Crippen molar-refractivity contribution in [3.8, 4) is 5.69 Å². The zero-order valence-electron chi connectivity index (χ0n) is 20.5. The number of rotatable bonds is 8. The molecule has 0 saturated carbocycles. The third kappa shape index (κ3) is 6.67. The summed E-state index contributed by atoms with van der Waals surface area (Å²) in [5.74, 6) is -0.519. The van der Waals surface area contributed by atoms with Gasteiger partial charge in [-0.15, -0.1) is 11.8 Å². The van der Waals surface area contributed by atoms with Crippen LogP contribution in [0.2, 0.25) is 0 Å². The SMILES string of the molecule is C=Cc1c(/C(=C\C)C(=O)NC(CC)c2ccnc(SC)c2)cnn1-c1ccc(F)cc1.CCC. The Kier molecular flexibility index (Phi) is 10.7. The van der Waals surface area contributed by atoms with Gasteiger partial charge in [0.2, 0.25) is 0 Å². The summed E-state index contributed by atoms with van der Waals surface area (Å²) in [6.07, 6.45) is 10.8. The van der Waals surface area contributed by atoms with Crippen LogP contribution in [0.3, 0.4) is 0 Å². The second-order valence-corrected chi connectivity index (χ2v) is 8.34. The molecule has 1 unspecified atom stereocenters. The number of nitrogens with one attached hydrogen (secondary N) is 1. The predicted octanol–water partition coefficient (Wildman–Crippen LogP) is 6.86. The lowest BCUT2D eigenvalue weighted by molar-refractivity contribution is -0.116. The van der Waals surface area contributed by atoms with E-state index in [-0.39, 0.29) is 17.8 Å². The fourth-order valence-electron chi connectivity index (χ4n) is 3.37. The van der Waals surface area contributed by atoms with Crippen LogP contribution < -0.4 is 5.32 Å². The number of benzene rings is 1. The van der Waals surface area contributed by atoms with Gasteiger partial charge in [0.15, 0.2) is 0 Å². The van der Waals surface area contributed by atoms with Gasteiger partial charge in [-0.05, 0) is 67.6 Å². The molecule has 1 aromatic carbocycles. The molecule has 180 valence electrons. The molecule has 1 N–H and O–H groups in total. The van der Waals surface area contributed by atoms with Crippen LogP contribution in [0, 0.1) is 5.82 Å². The van der Waals surface area contributed by atoms with Gasteiger partial charge >= 0.3 is 0 Å². The van der Waals surface area contributed by atoms with E-state index in [0.717, 1.165) is 17.0 Å². The van der Waals surface area contributed by atoms with E-state index in [1.807, 2.05) is 32.2 Å². The topological polar surface area (TPSA) is 59.8 Å². The van der Waals surface area contributed by atoms with Gasteiger partial charge in [0.25, 0.3) is 5.91 Å². The molecule has 0 radical (unpaired) electrons. The first-order valence-electron chi connectivity index (χ1n) is 11.4. The molecule has 1 amide bonds. The van der Waals surface area contributed by atoms with Crippen LogP contribution in [0.25, 0.3) is 17.3 Å². The summed E-state index contributed by atoms with van der Waals surface area (Å²) in [5, 5.41) is 8.44. The van der Waals surface area contributed by atoms with E-state index in [1.54, 1.807) is 53.1 Å². The number of allylic oxidation sites excluding steroid dienone is 1. The Labute approximate surface area is 206 Å².